The van der Waals surface area contributed by atoms with E-state index in [4.69, 9.17) is 19.7 Å². The number of carboxylic acid groups (broad SMARTS) is 1. The molecule has 1 heterocycles. The summed E-state index contributed by atoms with van der Waals surface area (Å²) in [5.41, 5.74) is 0.398. The Morgan fingerprint density at radius 2 is 1.92 bits per heavy atom. The van der Waals surface area contributed by atoms with Gasteiger partial charge in [-0.3, -0.25) is 0 Å². The summed E-state index contributed by atoms with van der Waals surface area (Å²) in [4.78, 5) is 10.5. The number of aliphatic hydroxyl groups excluding tert-OH is 4. The molecular formula is C15H18O9. The highest BCUT2D eigenvalue weighted by atomic mass is 16.7. The summed E-state index contributed by atoms with van der Waals surface area (Å²) in [5, 5.41) is 56.8. The van der Waals surface area contributed by atoms with Gasteiger partial charge >= 0.3 is 5.97 Å². The van der Waals surface area contributed by atoms with Crippen molar-refractivity contribution < 1.29 is 44.9 Å². The third kappa shape index (κ3) is 4.02. The Labute approximate surface area is 136 Å². The van der Waals surface area contributed by atoms with Crippen molar-refractivity contribution in [2.75, 3.05) is 6.61 Å². The van der Waals surface area contributed by atoms with Gasteiger partial charge in [-0.15, -0.1) is 0 Å². The van der Waals surface area contributed by atoms with Crippen LogP contribution in [-0.2, 0) is 9.53 Å². The molecule has 0 aliphatic carbocycles. The van der Waals surface area contributed by atoms with Gasteiger partial charge in [0.15, 0.2) is 11.5 Å². The van der Waals surface area contributed by atoms with Gasteiger partial charge in [-0.2, -0.15) is 0 Å². The monoisotopic (exact) mass is 342 g/mol. The minimum Gasteiger partial charge on any atom is -0.504 e. The Hall–Kier alpha value is -2.17. The van der Waals surface area contributed by atoms with Crippen LogP contribution < -0.4 is 4.74 Å². The maximum atomic E-state index is 10.5. The van der Waals surface area contributed by atoms with E-state index in [1.165, 1.54) is 24.3 Å². The molecule has 0 spiro atoms. The van der Waals surface area contributed by atoms with E-state index >= 15 is 0 Å². The van der Waals surface area contributed by atoms with Gasteiger partial charge in [-0.25, -0.2) is 4.79 Å². The summed E-state index contributed by atoms with van der Waals surface area (Å²) in [6.45, 7) is -0.613. The van der Waals surface area contributed by atoms with Crippen LogP contribution in [0, 0.1) is 0 Å². The molecule has 5 atom stereocenters. The first-order chi connectivity index (χ1) is 11.3. The summed E-state index contributed by atoms with van der Waals surface area (Å²) >= 11 is 0. The van der Waals surface area contributed by atoms with Gasteiger partial charge in [0.05, 0.1) is 6.61 Å². The minimum atomic E-state index is -1.62. The molecule has 0 saturated carbocycles. The lowest BCUT2D eigenvalue weighted by Crippen LogP contribution is -2.60. The quantitative estimate of drug-likeness (QED) is 0.357. The van der Waals surface area contributed by atoms with Gasteiger partial charge in [0.2, 0.25) is 6.29 Å². The highest BCUT2D eigenvalue weighted by Crippen LogP contribution is 2.31. The maximum Gasteiger partial charge on any atom is 0.328 e. The first-order valence-corrected chi connectivity index (χ1v) is 7.04. The van der Waals surface area contributed by atoms with E-state index in [9.17, 15) is 25.2 Å². The zero-order valence-electron chi connectivity index (χ0n) is 12.4. The Morgan fingerprint density at radius 1 is 1.21 bits per heavy atom. The third-order valence-corrected chi connectivity index (χ3v) is 3.49. The van der Waals surface area contributed by atoms with Crippen molar-refractivity contribution >= 4 is 12.0 Å². The van der Waals surface area contributed by atoms with Crippen molar-refractivity contribution in [1.82, 2.24) is 0 Å². The van der Waals surface area contributed by atoms with Gasteiger partial charge in [-0.1, -0.05) is 6.07 Å². The van der Waals surface area contributed by atoms with Gasteiger partial charge in [0, 0.05) is 6.08 Å². The Balaban J connectivity index is 2.20. The normalized spacial score (nSPS) is 30.4. The number of rotatable bonds is 5. The molecule has 0 radical (unpaired) electrons. The summed E-state index contributed by atoms with van der Waals surface area (Å²) in [7, 11) is 0. The van der Waals surface area contributed by atoms with Crippen LogP contribution in [0.4, 0.5) is 0 Å². The molecule has 3 unspecified atom stereocenters. The fraction of sp³-hybridized carbons (Fsp3) is 0.400. The Kier molecular flexibility index (Phi) is 5.75. The van der Waals surface area contributed by atoms with Crippen LogP contribution in [0.15, 0.2) is 24.3 Å². The number of carboxylic acids is 1. The number of hydrogen-bond acceptors (Lipinski definition) is 8. The topological polar surface area (TPSA) is 157 Å². The lowest BCUT2D eigenvalue weighted by Gasteiger charge is -2.39. The van der Waals surface area contributed by atoms with E-state index in [2.05, 4.69) is 0 Å². The number of ether oxygens (including phenoxy) is 2. The molecule has 1 aliphatic rings. The molecule has 1 aliphatic heterocycles. The second kappa shape index (κ2) is 7.60. The number of aliphatic hydroxyl groups is 4. The van der Waals surface area contributed by atoms with Crippen LogP contribution in [0.25, 0.3) is 6.08 Å². The molecule has 1 fully saturated rings. The van der Waals surface area contributed by atoms with Crippen LogP contribution in [0.1, 0.15) is 5.56 Å². The average Bonchev–Trinajstić information content (AvgIpc) is 2.55. The van der Waals surface area contributed by atoms with Crippen LogP contribution in [0.2, 0.25) is 0 Å². The van der Waals surface area contributed by atoms with Crippen molar-refractivity contribution in [2.45, 2.75) is 30.7 Å². The predicted molar refractivity (Wildman–Crippen MR) is 79.2 cm³/mol. The summed E-state index contributed by atoms with van der Waals surface area (Å²) < 4.78 is 10.5. The average molecular weight is 342 g/mol. The Bertz CT molecular complexity index is 613. The molecule has 9 nitrogen and oxygen atoms in total. The van der Waals surface area contributed by atoms with Gasteiger partial charge < -0.3 is 40.1 Å². The van der Waals surface area contributed by atoms with Gasteiger partial charge in [0.25, 0.3) is 0 Å². The van der Waals surface area contributed by atoms with E-state index < -0.39 is 43.3 Å². The second-order valence-electron chi connectivity index (χ2n) is 5.21. The summed E-state index contributed by atoms with van der Waals surface area (Å²) in [6.07, 6.45) is -5.20. The standard InChI is InChI=1S/C15H18O9/c16-6-10-12(20)13(21)14(22)15(24-10)23-9-5-7(1-3-8(9)17)2-4-11(18)19/h1-5,10,12-17,20-22H,6H2,(H,18,19)/b4-2+/t10?,12-,13?,14?,15-/m1/s1. The predicted octanol–water partition coefficient (Wildman–Crippen LogP) is -1.33. The van der Waals surface area contributed by atoms with Gasteiger partial charge in [-0.05, 0) is 23.8 Å². The first kappa shape index (κ1) is 18.2. The van der Waals surface area contributed by atoms with Crippen LogP contribution in [0.5, 0.6) is 11.5 Å². The molecular weight excluding hydrogens is 324 g/mol. The number of benzene rings is 1. The number of aromatic hydroxyl groups is 1. The van der Waals surface area contributed by atoms with Crippen molar-refractivity contribution in [2.24, 2.45) is 0 Å². The fourth-order valence-corrected chi connectivity index (χ4v) is 2.19. The molecule has 0 amide bonds. The molecule has 6 N–H and O–H groups in total. The van der Waals surface area contributed by atoms with Crippen molar-refractivity contribution in [1.29, 1.82) is 0 Å². The number of phenols is 1. The highest BCUT2D eigenvalue weighted by Gasteiger charge is 2.44. The number of hydrogen-bond donors (Lipinski definition) is 6. The van der Waals surface area contributed by atoms with Crippen LogP contribution >= 0.6 is 0 Å². The smallest absolute Gasteiger partial charge is 0.328 e. The van der Waals surface area contributed by atoms with Crippen LogP contribution in [0.3, 0.4) is 0 Å². The van der Waals surface area contributed by atoms with Crippen molar-refractivity contribution in [3.63, 3.8) is 0 Å². The van der Waals surface area contributed by atoms with E-state index in [1.807, 2.05) is 0 Å². The molecule has 1 aromatic carbocycles. The zero-order chi connectivity index (χ0) is 17.9. The fourth-order valence-electron chi connectivity index (χ4n) is 2.19. The number of aliphatic carboxylic acids is 1. The van der Waals surface area contributed by atoms with Gasteiger partial charge in [0.1, 0.15) is 24.4 Å². The summed E-state index contributed by atoms with van der Waals surface area (Å²) in [5.74, 6) is -1.59. The van der Waals surface area contributed by atoms with Crippen molar-refractivity contribution in [3.8, 4) is 11.5 Å². The van der Waals surface area contributed by atoms with E-state index in [-0.39, 0.29) is 11.5 Å². The molecule has 0 aromatic heterocycles. The highest BCUT2D eigenvalue weighted by molar-refractivity contribution is 5.85. The molecule has 24 heavy (non-hydrogen) atoms. The van der Waals surface area contributed by atoms with Crippen LogP contribution in [-0.4, -0.2) is 73.9 Å². The number of carbonyl (C=O) groups is 1. The molecule has 0 bridgehead atoms. The molecule has 1 saturated heterocycles. The minimum absolute atomic E-state index is 0.133. The van der Waals surface area contributed by atoms with Crippen molar-refractivity contribution in [3.05, 3.63) is 29.8 Å². The zero-order valence-corrected chi connectivity index (χ0v) is 12.4. The third-order valence-electron chi connectivity index (χ3n) is 3.49. The molecule has 2 rings (SSSR count). The summed E-state index contributed by atoms with van der Waals surface area (Å²) in [6, 6.07) is 3.99. The van der Waals surface area contributed by atoms with E-state index in [0.717, 1.165) is 6.08 Å². The SMILES string of the molecule is O=C(O)/C=C/c1ccc(O)c(O[C@@H]2OC(CO)[C@@H](O)C(O)C2O)c1. The van der Waals surface area contributed by atoms with E-state index in [1.54, 1.807) is 0 Å². The first-order valence-electron chi connectivity index (χ1n) is 7.04. The lowest BCUT2D eigenvalue weighted by atomic mass is 9.99. The molecule has 132 valence electrons. The van der Waals surface area contributed by atoms with E-state index in [0.29, 0.717) is 5.56 Å². The lowest BCUT2D eigenvalue weighted by molar-refractivity contribution is -0.277. The molecule has 1 aromatic rings. The maximum absolute atomic E-state index is 10.5. The second-order valence-corrected chi connectivity index (χ2v) is 5.21. The largest absolute Gasteiger partial charge is 0.504 e. The Morgan fingerprint density at radius 3 is 2.54 bits per heavy atom. The number of phenolic OH excluding ortho intramolecular Hbond substituents is 1. The molecule has 9 heteroatoms.